The predicted molar refractivity (Wildman–Crippen MR) is 63.7 cm³/mol. The molecule has 1 heterocycles. The van der Waals surface area contributed by atoms with E-state index in [2.05, 4.69) is 27.5 Å². The van der Waals surface area contributed by atoms with Crippen LogP contribution in [0.5, 0.6) is 0 Å². The lowest BCUT2D eigenvalue weighted by atomic mass is 10.3. The van der Waals surface area contributed by atoms with Gasteiger partial charge in [-0.2, -0.15) is 0 Å². The van der Waals surface area contributed by atoms with E-state index in [0.717, 1.165) is 10.9 Å². The van der Waals surface area contributed by atoms with Crippen molar-refractivity contribution in [3.8, 4) is 0 Å². The van der Waals surface area contributed by atoms with Gasteiger partial charge in [-0.25, -0.2) is 4.98 Å². The summed E-state index contributed by atoms with van der Waals surface area (Å²) in [5, 5.41) is 0. The number of amides is 1. The third-order valence-corrected chi connectivity index (χ3v) is 2.62. The molecule has 0 aliphatic rings. The monoisotopic (exact) mass is 268 g/mol. The molecule has 0 bridgehead atoms. The summed E-state index contributed by atoms with van der Waals surface area (Å²) in [6.45, 7) is 4.28. The lowest BCUT2D eigenvalue weighted by Crippen LogP contribution is -2.28. The zero-order valence-corrected chi connectivity index (χ0v) is 10.2. The van der Waals surface area contributed by atoms with Gasteiger partial charge in [0.15, 0.2) is 0 Å². The first-order valence-electron chi connectivity index (χ1n) is 4.63. The number of nitrogens with zero attached hydrogens (tertiary/aromatic N) is 2. The number of carbonyl (C=O) groups is 1. The highest BCUT2D eigenvalue weighted by Gasteiger charge is 2.14. The van der Waals surface area contributed by atoms with Crippen molar-refractivity contribution in [2.24, 2.45) is 0 Å². The fourth-order valence-electron chi connectivity index (χ4n) is 1.11. The van der Waals surface area contributed by atoms with Crippen LogP contribution in [0.3, 0.4) is 0 Å². The maximum atomic E-state index is 11.9. The molecule has 0 aromatic carbocycles. The Labute approximate surface area is 97.9 Å². The topological polar surface area (TPSA) is 33.2 Å². The molecule has 0 spiro atoms. The van der Waals surface area contributed by atoms with Gasteiger partial charge in [0.25, 0.3) is 5.91 Å². The third-order valence-electron chi connectivity index (χ3n) is 1.98. The molecule has 0 atom stereocenters. The molecule has 3 nitrogen and oxygen atoms in total. The smallest absolute Gasteiger partial charge is 0.273 e. The summed E-state index contributed by atoms with van der Waals surface area (Å²) in [5.41, 5.74) is 0.448. The Morgan fingerprint density at radius 1 is 1.73 bits per heavy atom. The van der Waals surface area contributed by atoms with Crippen molar-refractivity contribution >= 4 is 21.8 Å². The Hall–Kier alpha value is -1.16. The highest BCUT2D eigenvalue weighted by molar-refractivity contribution is 9.10. The van der Waals surface area contributed by atoms with Crippen LogP contribution < -0.4 is 0 Å². The molecule has 0 N–H and O–H groups in total. The number of hydrogen-bond acceptors (Lipinski definition) is 2. The average Bonchev–Trinajstić information content (AvgIpc) is 2.25. The van der Waals surface area contributed by atoms with Crippen molar-refractivity contribution in [3.05, 3.63) is 41.2 Å². The standard InChI is InChI=1S/C11H13BrN2O/c1-3-4-8-14(2)11(15)10-9(12)6-5-7-13-10/h3,5-7H,1,4,8H2,2H3. The highest BCUT2D eigenvalue weighted by Crippen LogP contribution is 2.14. The molecule has 1 aromatic rings. The Morgan fingerprint density at radius 3 is 3.07 bits per heavy atom. The lowest BCUT2D eigenvalue weighted by molar-refractivity contribution is 0.0790. The van der Waals surface area contributed by atoms with Crippen LogP contribution in [0.25, 0.3) is 0 Å². The number of rotatable bonds is 4. The molecule has 0 radical (unpaired) electrons. The molecule has 1 rings (SSSR count). The van der Waals surface area contributed by atoms with Crippen LogP contribution in [0.1, 0.15) is 16.9 Å². The lowest BCUT2D eigenvalue weighted by Gasteiger charge is -2.15. The number of carbonyl (C=O) groups excluding carboxylic acids is 1. The molecule has 1 amide bonds. The molecule has 0 aliphatic heterocycles. The van der Waals surface area contributed by atoms with Crippen LogP contribution >= 0.6 is 15.9 Å². The molecule has 0 unspecified atom stereocenters. The number of hydrogen-bond donors (Lipinski definition) is 0. The van der Waals surface area contributed by atoms with Crippen molar-refractivity contribution in [3.63, 3.8) is 0 Å². The van der Waals surface area contributed by atoms with Gasteiger partial charge in [0.05, 0.1) is 0 Å². The normalized spacial score (nSPS) is 9.73. The van der Waals surface area contributed by atoms with Crippen LogP contribution in [0.15, 0.2) is 35.5 Å². The minimum absolute atomic E-state index is 0.0793. The molecule has 80 valence electrons. The van der Waals surface area contributed by atoms with Gasteiger partial charge >= 0.3 is 0 Å². The van der Waals surface area contributed by atoms with Gasteiger partial charge in [0.2, 0.25) is 0 Å². The second kappa shape index (κ2) is 5.66. The summed E-state index contributed by atoms with van der Waals surface area (Å²) in [6, 6.07) is 3.59. The van der Waals surface area contributed by atoms with Crippen molar-refractivity contribution < 1.29 is 4.79 Å². The second-order valence-electron chi connectivity index (χ2n) is 3.14. The Bertz CT molecular complexity index is 365. The summed E-state index contributed by atoms with van der Waals surface area (Å²) in [7, 11) is 1.76. The summed E-state index contributed by atoms with van der Waals surface area (Å²) < 4.78 is 0.723. The van der Waals surface area contributed by atoms with Crippen LogP contribution in [-0.4, -0.2) is 29.4 Å². The SMILES string of the molecule is C=CCCN(C)C(=O)c1ncccc1Br. The minimum Gasteiger partial charge on any atom is -0.340 e. The average molecular weight is 269 g/mol. The summed E-state index contributed by atoms with van der Waals surface area (Å²) in [6.07, 6.45) is 4.18. The van der Waals surface area contributed by atoms with Gasteiger partial charge in [0.1, 0.15) is 5.69 Å². The Balaban J connectivity index is 2.76. The minimum atomic E-state index is -0.0793. The fraction of sp³-hybridized carbons (Fsp3) is 0.273. The van der Waals surface area contributed by atoms with Gasteiger partial charge in [-0.15, -0.1) is 6.58 Å². The largest absolute Gasteiger partial charge is 0.340 e. The zero-order valence-electron chi connectivity index (χ0n) is 8.61. The molecular weight excluding hydrogens is 256 g/mol. The first-order valence-corrected chi connectivity index (χ1v) is 5.43. The molecule has 0 aliphatic carbocycles. The first kappa shape index (κ1) is 11.9. The van der Waals surface area contributed by atoms with Gasteiger partial charge < -0.3 is 4.90 Å². The molecular formula is C11H13BrN2O. The fourth-order valence-corrected chi connectivity index (χ4v) is 1.53. The number of pyridine rings is 1. The van der Waals surface area contributed by atoms with Crippen molar-refractivity contribution in [2.75, 3.05) is 13.6 Å². The third kappa shape index (κ3) is 3.16. The van der Waals surface area contributed by atoms with E-state index in [-0.39, 0.29) is 5.91 Å². The summed E-state index contributed by atoms with van der Waals surface area (Å²) in [4.78, 5) is 17.5. The zero-order chi connectivity index (χ0) is 11.3. The van der Waals surface area contributed by atoms with Gasteiger partial charge in [-0.3, -0.25) is 4.79 Å². The van der Waals surface area contributed by atoms with E-state index in [0.29, 0.717) is 12.2 Å². The number of halogens is 1. The maximum Gasteiger partial charge on any atom is 0.273 e. The molecule has 0 saturated heterocycles. The summed E-state index contributed by atoms with van der Waals surface area (Å²) in [5.74, 6) is -0.0793. The Morgan fingerprint density at radius 2 is 2.47 bits per heavy atom. The van der Waals surface area contributed by atoms with E-state index in [9.17, 15) is 4.79 Å². The van der Waals surface area contributed by atoms with Crippen molar-refractivity contribution in [1.82, 2.24) is 9.88 Å². The van der Waals surface area contributed by atoms with E-state index < -0.39 is 0 Å². The quantitative estimate of drug-likeness (QED) is 0.787. The highest BCUT2D eigenvalue weighted by atomic mass is 79.9. The van der Waals surface area contributed by atoms with E-state index in [1.165, 1.54) is 0 Å². The molecule has 4 heteroatoms. The van der Waals surface area contributed by atoms with Crippen molar-refractivity contribution in [2.45, 2.75) is 6.42 Å². The predicted octanol–water partition coefficient (Wildman–Crippen LogP) is 2.49. The van der Waals surface area contributed by atoms with Gasteiger partial charge in [-0.1, -0.05) is 6.08 Å². The van der Waals surface area contributed by atoms with E-state index in [1.807, 2.05) is 6.07 Å². The first-order chi connectivity index (χ1) is 7.16. The molecule has 15 heavy (non-hydrogen) atoms. The van der Waals surface area contributed by atoms with Gasteiger partial charge in [0, 0.05) is 24.3 Å². The molecule has 0 fully saturated rings. The van der Waals surface area contributed by atoms with E-state index in [4.69, 9.17) is 0 Å². The van der Waals surface area contributed by atoms with Crippen molar-refractivity contribution in [1.29, 1.82) is 0 Å². The van der Waals surface area contributed by atoms with E-state index in [1.54, 1.807) is 30.3 Å². The molecule has 0 saturated carbocycles. The maximum absolute atomic E-state index is 11.9. The van der Waals surface area contributed by atoms with E-state index >= 15 is 0 Å². The van der Waals surface area contributed by atoms with Crippen LogP contribution in [0.2, 0.25) is 0 Å². The van der Waals surface area contributed by atoms with Crippen LogP contribution in [0.4, 0.5) is 0 Å². The van der Waals surface area contributed by atoms with Gasteiger partial charge in [-0.05, 0) is 34.5 Å². The second-order valence-corrected chi connectivity index (χ2v) is 3.99. The number of aromatic nitrogens is 1. The molecule has 1 aromatic heterocycles. The summed E-state index contributed by atoms with van der Waals surface area (Å²) >= 11 is 3.30. The Kier molecular flexibility index (Phi) is 4.49. The van der Waals surface area contributed by atoms with Crippen LogP contribution in [0, 0.1) is 0 Å². The van der Waals surface area contributed by atoms with Crippen LogP contribution in [-0.2, 0) is 0 Å².